The van der Waals surface area contributed by atoms with E-state index in [1.807, 2.05) is 0 Å². The summed E-state index contributed by atoms with van der Waals surface area (Å²) < 4.78 is 29.4. The Morgan fingerprint density at radius 1 is 1.17 bits per heavy atom. The summed E-state index contributed by atoms with van der Waals surface area (Å²) in [6, 6.07) is 8.42. The monoisotopic (exact) mass is 580 g/mol. The van der Waals surface area contributed by atoms with Crippen molar-refractivity contribution >= 4 is 62.5 Å². The van der Waals surface area contributed by atoms with E-state index in [9.17, 15) is 23.6 Å². The zero-order chi connectivity index (χ0) is 26.4. The molecule has 9 nitrogen and oxygen atoms in total. The van der Waals surface area contributed by atoms with Gasteiger partial charge in [0.05, 0.1) is 18.1 Å². The van der Waals surface area contributed by atoms with Gasteiger partial charge in [0.25, 0.3) is 17.1 Å². The average molecular weight is 581 g/mol. The first-order chi connectivity index (χ1) is 17.1. The van der Waals surface area contributed by atoms with Gasteiger partial charge in [0.1, 0.15) is 12.4 Å². The maximum Gasteiger partial charge on any atom is 0.326 e. The standard InChI is InChI=1S/C24H22BrFN2O7S/c1-13(2)35-22(30)11-28-23(31)20(36-24(28)32)9-14-8-18(33-3)19(10-17(14)25)34-12-21(29)27-16-6-4-15(26)5-7-16/h4-10,13H,11-12H2,1-3H3,(H,27,29)/b20-9+. The zero-order valence-corrected chi connectivity index (χ0v) is 21.9. The molecule has 0 aromatic heterocycles. The van der Waals surface area contributed by atoms with Gasteiger partial charge in [0, 0.05) is 10.2 Å². The minimum absolute atomic E-state index is 0.118. The van der Waals surface area contributed by atoms with Crippen LogP contribution in [0.4, 0.5) is 14.9 Å². The Bertz CT molecular complexity index is 1220. The second-order valence-corrected chi connectivity index (χ2v) is 9.52. The number of ether oxygens (including phenoxy) is 3. The Balaban J connectivity index is 1.70. The molecule has 3 rings (SSSR count). The fraction of sp³-hybridized carbons (Fsp3) is 0.250. The smallest absolute Gasteiger partial charge is 0.326 e. The molecular weight excluding hydrogens is 559 g/mol. The number of anilines is 1. The highest BCUT2D eigenvalue weighted by Crippen LogP contribution is 2.38. The van der Waals surface area contributed by atoms with Gasteiger partial charge >= 0.3 is 5.97 Å². The predicted molar refractivity (Wildman–Crippen MR) is 135 cm³/mol. The number of thioether (sulfide) groups is 1. The molecule has 0 aliphatic carbocycles. The molecule has 0 unspecified atom stereocenters. The highest BCUT2D eigenvalue weighted by molar-refractivity contribution is 9.10. The number of hydrogen-bond donors (Lipinski definition) is 1. The molecule has 0 saturated carbocycles. The van der Waals surface area contributed by atoms with E-state index in [1.165, 1.54) is 37.5 Å². The van der Waals surface area contributed by atoms with Crippen LogP contribution in [0.1, 0.15) is 19.4 Å². The molecule has 0 bridgehead atoms. The van der Waals surface area contributed by atoms with Crippen LogP contribution in [0.25, 0.3) is 6.08 Å². The minimum Gasteiger partial charge on any atom is -0.493 e. The quantitative estimate of drug-likeness (QED) is 0.338. The van der Waals surface area contributed by atoms with Gasteiger partial charge in [-0.2, -0.15) is 0 Å². The number of amides is 3. The Kier molecular flexibility index (Phi) is 9.10. The van der Waals surface area contributed by atoms with Gasteiger partial charge in [0.15, 0.2) is 18.1 Å². The summed E-state index contributed by atoms with van der Waals surface area (Å²) in [6.45, 7) is 2.52. The molecule has 2 aromatic rings. The van der Waals surface area contributed by atoms with Crippen molar-refractivity contribution in [1.29, 1.82) is 0 Å². The number of nitrogens with one attached hydrogen (secondary N) is 1. The highest BCUT2D eigenvalue weighted by Gasteiger charge is 2.37. The number of carbonyl (C=O) groups excluding carboxylic acids is 4. The fourth-order valence-corrected chi connectivity index (χ4v) is 4.28. The van der Waals surface area contributed by atoms with Crippen molar-refractivity contribution in [2.45, 2.75) is 20.0 Å². The van der Waals surface area contributed by atoms with Crippen LogP contribution in [0.15, 0.2) is 45.8 Å². The lowest BCUT2D eigenvalue weighted by atomic mass is 10.2. The average Bonchev–Trinajstić information content (AvgIpc) is 3.07. The molecule has 1 aliphatic rings. The van der Waals surface area contributed by atoms with Crippen molar-refractivity contribution in [3.8, 4) is 11.5 Å². The molecular formula is C24H22BrFN2O7S. The predicted octanol–water partition coefficient (Wildman–Crippen LogP) is 4.60. The summed E-state index contributed by atoms with van der Waals surface area (Å²) >= 11 is 4.09. The lowest BCUT2D eigenvalue weighted by molar-refractivity contribution is -0.149. The highest BCUT2D eigenvalue weighted by atomic mass is 79.9. The van der Waals surface area contributed by atoms with Crippen LogP contribution in [-0.4, -0.2) is 54.3 Å². The molecule has 3 amide bonds. The lowest BCUT2D eigenvalue weighted by Crippen LogP contribution is -2.35. The number of rotatable bonds is 9. The molecule has 1 N–H and O–H groups in total. The summed E-state index contributed by atoms with van der Waals surface area (Å²) in [5, 5.41) is 2.00. The van der Waals surface area contributed by atoms with E-state index >= 15 is 0 Å². The molecule has 190 valence electrons. The number of nitrogens with zero attached hydrogens (tertiary/aromatic N) is 1. The van der Waals surface area contributed by atoms with E-state index in [4.69, 9.17) is 14.2 Å². The number of hydrogen-bond acceptors (Lipinski definition) is 8. The number of esters is 1. The SMILES string of the molecule is COc1cc(/C=C2/SC(=O)N(CC(=O)OC(C)C)C2=O)c(Br)cc1OCC(=O)Nc1ccc(F)cc1. The molecule has 0 atom stereocenters. The number of methoxy groups -OCH3 is 1. The Labute approximate surface area is 219 Å². The first kappa shape index (κ1) is 27.2. The molecule has 36 heavy (non-hydrogen) atoms. The van der Waals surface area contributed by atoms with Gasteiger partial charge in [0.2, 0.25) is 0 Å². The maximum atomic E-state index is 13.0. The zero-order valence-electron chi connectivity index (χ0n) is 19.5. The normalized spacial score (nSPS) is 14.4. The molecule has 1 heterocycles. The molecule has 1 saturated heterocycles. The van der Waals surface area contributed by atoms with Crippen molar-refractivity contribution in [2.24, 2.45) is 0 Å². The van der Waals surface area contributed by atoms with Crippen molar-refractivity contribution < 1.29 is 37.8 Å². The van der Waals surface area contributed by atoms with Gasteiger partial charge in [-0.1, -0.05) is 15.9 Å². The van der Waals surface area contributed by atoms with E-state index < -0.39 is 35.4 Å². The second-order valence-electron chi connectivity index (χ2n) is 7.67. The van der Waals surface area contributed by atoms with Crippen LogP contribution in [0.3, 0.4) is 0 Å². The number of benzene rings is 2. The Morgan fingerprint density at radius 2 is 1.86 bits per heavy atom. The summed E-state index contributed by atoms with van der Waals surface area (Å²) in [6.07, 6.45) is 1.11. The van der Waals surface area contributed by atoms with Crippen molar-refractivity contribution in [1.82, 2.24) is 4.90 Å². The van der Waals surface area contributed by atoms with Crippen LogP contribution in [0.5, 0.6) is 11.5 Å². The van der Waals surface area contributed by atoms with Crippen molar-refractivity contribution in [3.05, 3.63) is 57.2 Å². The van der Waals surface area contributed by atoms with E-state index in [-0.39, 0.29) is 29.1 Å². The molecule has 1 fully saturated rings. The van der Waals surface area contributed by atoms with Gasteiger partial charge in [-0.25, -0.2) is 4.39 Å². The van der Waals surface area contributed by atoms with E-state index in [0.717, 1.165) is 4.90 Å². The third-order valence-corrected chi connectivity index (χ3v) is 6.18. The van der Waals surface area contributed by atoms with E-state index in [1.54, 1.807) is 26.0 Å². The summed E-state index contributed by atoms with van der Waals surface area (Å²) in [5.74, 6) is -1.65. The van der Waals surface area contributed by atoms with E-state index in [2.05, 4.69) is 21.2 Å². The largest absolute Gasteiger partial charge is 0.493 e. The van der Waals surface area contributed by atoms with Crippen LogP contribution in [0.2, 0.25) is 0 Å². The van der Waals surface area contributed by atoms with Gasteiger partial charge in [-0.15, -0.1) is 0 Å². The first-order valence-electron chi connectivity index (χ1n) is 10.6. The maximum absolute atomic E-state index is 13.0. The third-order valence-electron chi connectivity index (χ3n) is 4.58. The second kappa shape index (κ2) is 12.0. The summed E-state index contributed by atoms with van der Waals surface area (Å²) in [5.41, 5.74) is 0.921. The fourth-order valence-electron chi connectivity index (χ4n) is 3.01. The van der Waals surface area contributed by atoms with Crippen LogP contribution < -0.4 is 14.8 Å². The van der Waals surface area contributed by atoms with Crippen molar-refractivity contribution in [3.63, 3.8) is 0 Å². The van der Waals surface area contributed by atoms with Gasteiger partial charge < -0.3 is 19.5 Å². The summed E-state index contributed by atoms with van der Waals surface area (Å²) in [4.78, 5) is 50.0. The number of halogens is 2. The molecule has 0 spiro atoms. The topological polar surface area (TPSA) is 111 Å². The van der Waals surface area contributed by atoms with Gasteiger partial charge in [-0.3, -0.25) is 24.1 Å². The molecule has 12 heteroatoms. The Hall–Kier alpha value is -3.38. The van der Waals surface area contributed by atoms with Crippen LogP contribution in [-0.2, 0) is 19.1 Å². The van der Waals surface area contributed by atoms with Gasteiger partial charge in [-0.05, 0) is 73.6 Å². The summed E-state index contributed by atoms with van der Waals surface area (Å²) in [7, 11) is 1.41. The molecule has 0 radical (unpaired) electrons. The Morgan fingerprint density at radius 3 is 2.50 bits per heavy atom. The van der Waals surface area contributed by atoms with Crippen LogP contribution >= 0.6 is 27.7 Å². The molecule has 1 aliphatic heterocycles. The lowest BCUT2D eigenvalue weighted by Gasteiger charge is -2.14. The number of imide groups is 1. The third kappa shape index (κ3) is 7.08. The van der Waals surface area contributed by atoms with Crippen molar-refractivity contribution in [2.75, 3.05) is 25.6 Å². The van der Waals surface area contributed by atoms with Crippen LogP contribution in [0, 0.1) is 5.82 Å². The number of carbonyl (C=O) groups is 4. The minimum atomic E-state index is -0.679. The van der Waals surface area contributed by atoms with E-state index in [0.29, 0.717) is 27.5 Å². The first-order valence-corrected chi connectivity index (χ1v) is 12.2. The molecule has 2 aromatic carbocycles.